The first-order valence-corrected chi connectivity index (χ1v) is 4.62. The van der Waals surface area contributed by atoms with Gasteiger partial charge in [0.1, 0.15) is 0 Å². The van der Waals surface area contributed by atoms with Gasteiger partial charge in [-0.15, -0.1) is 0 Å². The summed E-state index contributed by atoms with van der Waals surface area (Å²) in [6.07, 6.45) is 1.71. The van der Waals surface area contributed by atoms with Crippen LogP contribution in [0.15, 0.2) is 41.1 Å². The number of oxime groups is 1. The minimum atomic E-state index is -0.117. The van der Waals surface area contributed by atoms with Crippen LogP contribution < -0.4 is 0 Å². The molecule has 1 aromatic carbocycles. The van der Waals surface area contributed by atoms with Crippen molar-refractivity contribution >= 4 is 17.6 Å². The molecule has 0 atom stereocenters. The Balaban J connectivity index is 3.11. The molecule has 0 spiro atoms. The lowest BCUT2D eigenvalue weighted by Gasteiger charge is -2.01. The maximum atomic E-state index is 11.3. The van der Waals surface area contributed by atoms with Gasteiger partial charge < -0.3 is 5.21 Å². The van der Waals surface area contributed by atoms with E-state index in [1.165, 1.54) is 6.92 Å². The molecule has 0 radical (unpaired) electrons. The molecule has 3 heteroatoms. The van der Waals surface area contributed by atoms with Gasteiger partial charge in [-0.1, -0.05) is 35.5 Å². The number of ketones is 1. The van der Waals surface area contributed by atoms with Crippen LogP contribution in [0.2, 0.25) is 0 Å². The van der Waals surface area contributed by atoms with E-state index in [2.05, 4.69) is 5.16 Å². The monoisotopic (exact) mass is 203 g/mol. The van der Waals surface area contributed by atoms with E-state index in [1.54, 1.807) is 13.0 Å². The highest BCUT2D eigenvalue weighted by Crippen LogP contribution is 2.09. The van der Waals surface area contributed by atoms with Crippen LogP contribution >= 0.6 is 0 Å². The molecule has 15 heavy (non-hydrogen) atoms. The van der Waals surface area contributed by atoms with Gasteiger partial charge in [-0.05, 0) is 25.5 Å². The van der Waals surface area contributed by atoms with Crippen molar-refractivity contribution in [3.8, 4) is 0 Å². The third-order valence-electron chi connectivity index (χ3n) is 2.03. The van der Waals surface area contributed by atoms with Gasteiger partial charge in [-0.2, -0.15) is 0 Å². The minimum Gasteiger partial charge on any atom is -0.411 e. The van der Waals surface area contributed by atoms with E-state index in [1.807, 2.05) is 30.3 Å². The van der Waals surface area contributed by atoms with Crippen molar-refractivity contribution in [1.29, 1.82) is 0 Å². The van der Waals surface area contributed by atoms with Crippen molar-refractivity contribution in [1.82, 2.24) is 0 Å². The zero-order valence-electron chi connectivity index (χ0n) is 8.77. The predicted molar refractivity (Wildman–Crippen MR) is 60.0 cm³/mol. The van der Waals surface area contributed by atoms with E-state index in [0.717, 1.165) is 5.56 Å². The molecule has 78 valence electrons. The Bertz CT molecular complexity index is 405. The lowest BCUT2D eigenvalue weighted by molar-refractivity contribution is -0.113. The summed E-state index contributed by atoms with van der Waals surface area (Å²) in [6.45, 7) is 3.04. The standard InChI is InChI=1S/C12H13NO2/c1-9(13-15)12(10(2)14)8-11-6-4-3-5-7-11/h3-8,15H,1-2H3/b12-8-,13-9-. The molecule has 0 amide bonds. The highest BCUT2D eigenvalue weighted by atomic mass is 16.4. The molecule has 0 fully saturated rings. The number of benzene rings is 1. The minimum absolute atomic E-state index is 0.117. The smallest absolute Gasteiger partial charge is 0.161 e. The summed E-state index contributed by atoms with van der Waals surface area (Å²) in [6, 6.07) is 9.43. The molecule has 1 rings (SSSR count). The second-order valence-corrected chi connectivity index (χ2v) is 3.21. The number of Topliss-reactive ketones (excluding diaryl/α,β-unsaturated/α-hetero) is 1. The Morgan fingerprint density at radius 2 is 1.87 bits per heavy atom. The van der Waals surface area contributed by atoms with E-state index >= 15 is 0 Å². The fraction of sp³-hybridized carbons (Fsp3) is 0.167. The van der Waals surface area contributed by atoms with Gasteiger partial charge in [0, 0.05) is 5.57 Å². The predicted octanol–water partition coefficient (Wildman–Crippen LogP) is 2.51. The van der Waals surface area contributed by atoms with E-state index in [-0.39, 0.29) is 5.78 Å². The third-order valence-corrected chi connectivity index (χ3v) is 2.03. The lowest BCUT2D eigenvalue weighted by atomic mass is 10.0. The Morgan fingerprint density at radius 3 is 2.33 bits per heavy atom. The first-order valence-electron chi connectivity index (χ1n) is 4.62. The summed E-state index contributed by atoms with van der Waals surface area (Å²) in [5, 5.41) is 11.7. The van der Waals surface area contributed by atoms with E-state index in [0.29, 0.717) is 11.3 Å². The Morgan fingerprint density at radius 1 is 1.27 bits per heavy atom. The molecule has 0 unspecified atom stereocenters. The average Bonchev–Trinajstić information content (AvgIpc) is 2.26. The first-order chi connectivity index (χ1) is 7.15. The summed E-state index contributed by atoms with van der Waals surface area (Å²) in [5.74, 6) is -0.117. The summed E-state index contributed by atoms with van der Waals surface area (Å²) in [5.41, 5.74) is 1.65. The highest BCUT2D eigenvalue weighted by Gasteiger charge is 2.07. The second kappa shape index (κ2) is 5.10. The van der Waals surface area contributed by atoms with Gasteiger partial charge in [0.2, 0.25) is 0 Å². The van der Waals surface area contributed by atoms with Crippen LogP contribution in [0, 0.1) is 0 Å². The number of carbonyl (C=O) groups excluding carboxylic acids is 1. The SMILES string of the molecule is CC(=O)C(=C\c1ccccc1)/C(C)=N\O. The molecule has 0 saturated heterocycles. The second-order valence-electron chi connectivity index (χ2n) is 3.21. The normalized spacial score (nSPS) is 12.7. The van der Waals surface area contributed by atoms with Gasteiger partial charge >= 0.3 is 0 Å². The van der Waals surface area contributed by atoms with Crippen molar-refractivity contribution in [2.75, 3.05) is 0 Å². The fourth-order valence-corrected chi connectivity index (χ4v) is 1.23. The quantitative estimate of drug-likeness (QED) is 0.355. The molecule has 0 aromatic heterocycles. The first kappa shape index (κ1) is 11.2. The number of nitrogens with zero attached hydrogens (tertiary/aromatic N) is 1. The number of hydrogen-bond acceptors (Lipinski definition) is 3. The van der Waals surface area contributed by atoms with Crippen LogP contribution in [0.25, 0.3) is 6.08 Å². The van der Waals surface area contributed by atoms with E-state index < -0.39 is 0 Å². The van der Waals surface area contributed by atoms with Gasteiger partial charge in [-0.25, -0.2) is 0 Å². The van der Waals surface area contributed by atoms with Crippen LogP contribution in [0.1, 0.15) is 19.4 Å². The number of allylic oxidation sites excluding steroid dienone is 1. The van der Waals surface area contributed by atoms with Crippen LogP contribution in [0.4, 0.5) is 0 Å². The van der Waals surface area contributed by atoms with Crippen molar-refractivity contribution in [3.63, 3.8) is 0 Å². The molecule has 0 aliphatic carbocycles. The van der Waals surface area contributed by atoms with Crippen molar-refractivity contribution in [2.45, 2.75) is 13.8 Å². The molecule has 0 saturated carbocycles. The highest BCUT2D eigenvalue weighted by molar-refractivity contribution is 6.23. The zero-order chi connectivity index (χ0) is 11.3. The topological polar surface area (TPSA) is 49.7 Å². The largest absolute Gasteiger partial charge is 0.411 e. The van der Waals surface area contributed by atoms with Gasteiger partial charge in [0.25, 0.3) is 0 Å². The molecule has 0 aliphatic rings. The van der Waals surface area contributed by atoms with E-state index in [4.69, 9.17) is 5.21 Å². The summed E-state index contributed by atoms with van der Waals surface area (Å²) in [4.78, 5) is 11.3. The summed E-state index contributed by atoms with van der Waals surface area (Å²) < 4.78 is 0. The van der Waals surface area contributed by atoms with Gasteiger partial charge in [0.15, 0.2) is 5.78 Å². The Kier molecular flexibility index (Phi) is 3.80. The number of rotatable bonds is 3. The van der Waals surface area contributed by atoms with Crippen LogP contribution in [0.3, 0.4) is 0 Å². The number of hydrogen-bond donors (Lipinski definition) is 1. The molecule has 0 aliphatic heterocycles. The number of carbonyl (C=O) groups is 1. The maximum Gasteiger partial charge on any atom is 0.161 e. The van der Waals surface area contributed by atoms with Gasteiger partial charge in [-0.3, -0.25) is 4.79 Å². The molecule has 3 nitrogen and oxygen atoms in total. The van der Waals surface area contributed by atoms with Crippen LogP contribution in [0.5, 0.6) is 0 Å². The molecule has 1 aromatic rings. The molecule has 1 N–H and O–H groups in total. The third kappa shape index (κ3) is 3.06. The van der Waals surface area contributed by atoms with E-state index in [9.17, 15) is 4.79 Å². The van der Waals surface area contributed by atoms with Crippen molar-refractivity contribution in [3.05, 3.63) is 41.5 Å². The van der Waals surface area contributed by atoms with Crippen LogP contribution in [-0.4, -0.2) is 16.7 Å². The van der Waals surface area contributed by atoms with Gasteiger partial charge in [0.05, 0.1) is 5.71 Å². The average molecular weight is 203 g/mol. The van der Waals surface area contributed by atoms with Crippen molar-refractivity contribution < 1.29 is 10.0 Å². The van der Waals surface area contributed by atoms with Crippen molar-refractivity contribution in [2.24, 2.45) is 5.16 Å². The molecular formula is C12H13NO2. The molecular weight excluding hydrogens is 190 g/mol. The lowest BCUT2D eigenvalue weighted by Crippen LogP contribution is -2.06. The molecule has 0 heterocycles. The Hall–Kier alpha value is -1.90. The zero-order valence-corrected chi connectivity index (χ0v) is 8.77. The Labute approximate surface area is 88.7 Å². The summed E-state index contributed by atoms with van der Waals surface area (Å²) >= 11 is 0. The maximum absolute atomic E-state index is 11.3. The molecule has 0 bridgehead atoms. The fourth-order valence-electron chi connectivity index (χ4n) is 1.23. The summed E-state index contributed by atoms with van der Waals surface area (Å²) in [7, 11) is 0. The van der Waals surface area contributed by atoms with Crippen LogP contribution in [-0.2, 0) is 4.79 Å².